The Morgan fingerprint density at radius 1 is 0.269 bits per heavy atom. The van der Waals surface area contributed by atoms with Gasteiger partial charge in [-0.15, -0.1) is 0 Å². The van der Waals surface area contributed by atoms with Crippen molar-refractivity contribution in [1.29, 1.82) is 0 Å². The van der Waals surface area contributed by atoms with E-state index in [-0.39, 0.29) is 0 Å². The average molecular weight is 328 g/mol. The summed E-state index contributed by atoms with van der Waals surface area (Å²) in [5.74, 6) is 0. The van der Waals surface area contributed by atoms with E-state index in [0.717, 1.165) is 0 Å². The average Bonchev–Trinajstić information content (AvgIpc) is 2.73. The van der Waals surface area contributed by atoms with Gasteiger partial charge in [-0.05, 0) is 53.9 Å². The van der Waals surface area contributed by atoms with E-state index in [4.69, 9.17) is 0 Å². The monoisotopic (exact) mass is 328 g/mol. The molecule has 0 aromatic heterocycles. The third-order valence-corrected chi connectivity index (χ3v) is 5.61. The number of rotatable bonds is 0. The first-order valence-corrected chi connectivity index (χ1v) is 9.05. The Bertz CT molecular complexity index is 1400. The minimum Gasteiger partial charge on any atom is -0.0616 e. The molecule has 6 aromatic rings. The van der Waals surface area contributed by atoms with Crippen molar-refractivity contribution in [3.05, 3.63) is 97.1 Å². The van der Waals surface area contributed by atoms with Crippen LogP contribution in [0.4, 0.5) is 0 Å². The van der Waals surface area contributed by atoms with Crippen molar-refractivity contribution in [2.45, 2.75) is 0 Å². The van der Waals surface area contributed by atoms with Gasteiger partial charge >= 0.3 is 0 Å². The van der Waals surface area contributed by atoms with Gasteiger partial charge in [-0.1, -0.05) is 97.1 Å². The smallest absolute Gasteiger partial charge is 0.00201 e. The molecule has 0 fully saturated rings. The van der Waals surface area contributed by atoms with Gasteiger partial charge in [0.2, 0.25) is 0 Å². The van der Waals surface area contributed by atoms with Crippen LogP contribution in [-0.4, -0.2) is 0 Å². The predicted molar refractivity (Wildman–Crippen MR) is 114 cm³/mol. The summed E-state index contributed by atoms with van der Waals surface area (Å²) in [6.45, 7) is 0. The Morgan fingerprint density at radius 3 is 1.31 bits per heavy atom. The summed E-state index contributed by atoms with van der Waals surface area (Å²) < 4.78 is 0. The van der Waals surface area contributed by atoms with Crippen LogP contribution in [0, 0.1) is 0 Å². The second-order valence-electron chi connectivity index (χ2n) is 6.96. The molecule has 0 radical (unpaired) electrons. The Labute approximate surface area is 151 Å². The number of benzene rings is 6. The lowest BCUT2D eigenvalue weighted by Crippen LogP contribution is -1.86. The molecule has 0 aliphatic carbocycles. The van der Waals surface area contributed by atoms with Crippen LogP contribution in [0.2, 0.25) is 0 Å². The largest absolute Gasteiger partial charge is 0.0616 e. The van der Waals surface area contributed by atoms with Crippen LogP contribution < -0.4 is 0 Å². The van der Waals surface area contributed by atoms with Gasteiger partial charge in [-0.3, -0.25) is 0 Å². The van der Waals surface area contributed by atoms with Gasteiger partial charge in [0.05, 0.1) is 0 Å². The van der Waals surface area contributed by atoms with E-state index in [1.165, 1.54) is 53.9 Å². The molecular formula is C26H16. The van der Waals surface area contributed by atoms with Crippen LogP contribution in [0.15, 0.2) is 97.1 Å². The summed E-state index contributed by atoms with van der Waals surface area (Å²) in [7, 11) is 0. The molecule has 0 bridgehead atoms. The van der Waals surface area contributed by atoms with Crippen LogP contribution >= 0.6 is 0 Å². The van der Waals surface area contributed by atoms with Crippen LogP contribution in [0.5, 0.6) is 0 Å². The van der Waals surface area contributed by atoms with Crippen molar-refractivity contribution in [2.24, 2.45) is 0 Å². The Kier molecular flexibility index (Phi) is 2.70. The van der Waals surface area contributed by atoms with E-state index in [0.29, 0.717) is 0 Å². The second kappa shape index (κ2) is 5.06. The molecule has 0 spiro atoms. The second-order valence-corrected chi connectivity index (χ2v) is 6.96. The van der Waals surface area contributed by atoms with Gasteiger partial charge in [0, 0.05) is 0 Å². The number of hydrogen-bond donors (Lipinski definition) is 0. The van der Waals surface area contributed by atoms with Crippen LogP contribution in [0.1, 0.15) is 0 Å². The Morgan fingerprint density at radius 2 is 0.692 bits per heavy atom. The zero-order valence-electron chi connectivity index (χ0n) is 14.2. The minimum atomic E-state index is 1.30. The SMILES string of the molecule is c1ccc2c(c1)ccc1c2c2ccccc2c2ccc3ccccc3c21. The van der Waals surface area contributed by atoms with Crippen LogP contribution in [0.25, 0.3) is 53.9 Å². The third kappa shape index (κ3) is 1.74. The lowest BCUT2D eigenvalue weighted by Gasteiger charge is -2.14. The van der Waals surface area contributed by atoms with Crippen molar-refractivity contribution in [1.82, 2.24) is 0 Å². The molecule has 0 saturated heterocycles. The lowest BCUT2D eigenvalue weighted by atomic mass is 9.89. The van der Waals surface area contributed by atoms with Gasteiger partial charge in [0.25, 0.3) is 0 Å². The van der Waals surface area contributed by atoms with Crippen molar-refractivity contribution < 1.29 is 0 Å². The molecule has 0 atom stereocenters. The zero-order valence-corrected chi connectivity index (χ0v) is 14.2. The van der Waals surface area contributed by atoms with Gasteiger partial charge in [0.15, 0.2) is 0 Å². The van der Waals surface area contributed by atoms with Gasteiger partial charge in [-0.25, -0.2) is 0 Å². The molecule has 0 amide bonds. The lowest BCUT2D eigenvalue weighted by molar-refractivity contribution is 1.78. The Hall–Kier alpha value is -3.38. The molecular weight excluding hydrogens is 312 g/mol. The standard InChI is InChI=1S/C26H16/c1-4-10-20-17(7-1)13-15-23-21-11-5-6-12-22(21)25-19-9-3-2-8-18(19)14-16-24(25)26(20)23/h1-16H. The van der Waals surface area contributed by atoms with E-state index in [9.17, 15) is 0 Å². The summed E-state index contributed by atoms with van der Waals surface area (Å²) >= 11 is 0. The topological polar surface area (TPSA) is 0 Å². The van der Waals surface area contributed by atoms with E-state index < -0.39 is 0 Å². The van der Waals surface area contributed by atoms with E-state index in [1.807, 2.05) is 0 Å². The third-order valence-electron chi connectivity index (χ3n) is 5.61. The predicted octanol–water partition coefficient (Wildman–Crippen LogP) is 7.45. The fourth-order valence-electron chi connectivity index (χ4n) is 4.49. The maximum absolute atomic E-state index is 2.30. The zero-order chi connectivity index (χ0) is 17.1. The van der Waals surface area contributed by atoms with Crippen molar-refractivity contribution in [3.8, 4) is 0 Å². The molecule has 120 valence electrons. The molecule has 6 aromatic carbocycles. The molecule has 0 nitrogen and oxygen atoms in total. The van der Waals surface area contributed by atoms with Gasteiger partial charge < -0.3 is 0 Å². The number of hydrogen-bond acceptors (Lipinski definition) is 0. The maximum Gasteiger partial charge on any atom is -0.00201 e. The Balaban J connectivity index is 2.06. The normalized spacial score (nSPS) is 11.8. The summed E-state index contributed by atoms with van der Waals surface area (Å²) in [5, 5.41) is 13.3. The summed E-state index contributed by atoms with van der Waals surface area (Å²) in [6, 6.07) is 35.3. The molecule has 0 heterocycles. The molecule has 0 aliphatic rings. The summed E-state index contributed by atoms with van der Waals surface area (Å²) in [6.07, 6.45) is 0. The van der Waals surface area contributed by atoms with Gasteiger partial charge in [-0.2, -0.15) is 0 Å². The fraction of sp³-hybridized carbons (Fsp3) is 0. The van der Waals surface area contributed by atoms with Crippen molar-refractivity contribution >= 4 is 53.9 Å². The molecule has 6 rings (SSSR count). The van der Waals surface area contributed by atoms with E-state index >= 15 is 0 Å². The summed E-state index contributed by atoms with van der Waals surface area (Å²) in [5.41, 5.74) is 0. The number of fused-ring (bicyclic) bond motifs is 10. The minimum absolute atomic E-state index is 1.30. The molecule has 0 N–H and O–H groups in total. The highest BCUT2D eigenvalue weighted by molar-refractivity contribution is 6.35. The molecule has 0 unspecified atom stereocenters. The van der Waals surface area contributed by atoms with E-state index in [2.05, 4.69) is 97.1 Å². The van der Waals surface area contributed by atoms with Crippen LogP contribution in [-0.2, 0) is 0 Å². The molecule has 0 aliphatic heterocycles. The fourth-order valence-corrected chi connectivity index (χ4v) is 4.49. The summed E-state index contributed by atoms with van der Waals surface area (Å²) in [4.78, 5) is 0. The first kappa shape index (κ1) is 13.9. The molecule has 26 heavy (non-hydrogen) atoms. The molecule has 0 heteroatoms. The van der Waals surface area contributed by atoms with Gasteiger partial charge in [0.1, 0.15) is 0 Å². The first-order valence-electron chi connectivity index (χ1n) is 9.05. The quantitative estimate of drug-likeness (QED) is 0.254. The highest BCUT2D eigenvalue weighted by Gasteiger charge is 2.12. The van der Waals surface area contributed by atoms with E-state index in [1.54, 1.807) is 0 Å². The highest BCUT2D eigenvalue weighted by atomic mass is 14.2. The van der Waals surface area contributed by atoms with Crippen molar-refractivity contribution in [3.63, 3.8) is 0 Å². The van der Waals surface area contributed by atoms with Crippen molar-refractivity contribution in [2.75, 3.05) is 0 Å². The highest BCUT2D eigenvalue weighted by Crippen LogP contribution is 2.41. The molecule has 0 saturated carbocycles. The first-order chi connectivity index (χ1) is 12.9. The van der Waals surface area contributed by atoms with Crippen LogP contribution in [0.3, 0.4) is 0 Å². The maximum atomic E-state index is 2.30.